The van der Waals surface area contributed by atoms with Gasteiger partial charge in [-0.2, -0.15) is 8.42 Å². The van der Waals surface area contributed by atoms with Crippen LogP contribution in [-0.2, 0) is 10.4 Å². The van der Waals surface area contributed by atoms with Gasteiger partial charge >= 0.3 is 10.4 Å². The lowest BCUT2D eigenvalue weighted by atomic mass is 10.5. The van der Waals surface area contributed by atoms with Gasteiger partial charge in [-0.15, -0.1) is 4.72 Å². The Hall–Kier alpha value is -0.200. The fourth-order valence-electron chi connectivity index (χ4n) is 0.364. The fourth-order valence-corrected chi connectivity index (χ4v) is 0.867. The Morgan fingerprint density at radius 3 is 2.18 bits per heavy atom. The van der Waals surface area contributed by atoms with E-state index in [0.717, 1.165) is 6.54 Å². The molecule has 1 N–H and O–H groups in total. The highest BCUT2D eigenvalue weighted by Gasteiger charge is 2.15. The zero-order valence-electron chi connectivity index (χ0n) is 6.96. The van der Waals surface area contributed by atoms with Crippen molar-refractivity contribution in [3.8, 4) is 0 Å². The first kappa shape index (κ1) is 10.8. The smallest absolute Gasteiger partial charge is 0.316 e. The Kier molecular flexibility index (Phi) is 3.40. The highest BCUT2D eigenvalue weighted by atomic mass is 32.3. The lowest BCUT2D eigenvalue weighted by Crippen LogP contribution is -2.47. The van der Waals surface area contributed by atoms with Crippen LogP contribution in [0.2, 0.25) is 0 Å². The minimum absolute atomic E-state index is 0.0787. The maximum absolute atomic E-state index is 11.9. The van der Waals surface area contributed by atoms with E-state index in [1.807, 2.05) is 6.92 Å². The molecule has 0 heterocycles. The van der Waals surface area contributed by atoms with E-state index in [4.69, 9.17) is 0 Å². The summed E-state index contributed by atoms with van der Waals surface area (Å²) in [6.07, 6.45) is 0. The van der Waals surface area contributed by atoms with Crippen molar-refractivity contribution in [2.75, 3.05) is 27.3 Å². The average Bonchev–Trinajstić information content (AvgIpc) is 1.83. The van der Waals surface area contributed by atoms with Crippen LogP contribution in [0.25, 0.3) is 0 Å². The molecule has 0 amide bonds. The van der Waals surface area contributed by atoms with Crippen LogP contribution in [0.4, 0.5) is 3.89 Å². The summed E-state index contributed by atoms with van der Waals surface area (Å²) in [5, 5.41) is 0. The average molecular weight is 185 g/mol. The predicted molar refractivity (Wildman–Crippen MR) is 40.7 cm³/mol. The topological polar surface area (TPSA) is 46.2 Å². The minimum Gasteiger partial charge on any atom is -0.316 e. The summed E-state index contributed by atoms with van der Waals surface area (Å²) in [4.78, 5) is 0. The lowest BCUT2D eigenvalue weighted by molar-refractivity contribution is -0.889. The normalized spacial score (nSPS) is 13.5. The van der Waals surface area contributed by atoms with Crippen molar-refractivity contribution in [2.24, 2.45) is 0 Å². The second-order valence-electron chi connectivity index (χ2n) is 2.99. The second-order valence-corrected chi connectivity index (χ2v) is 4.16. The van der Waals surface area contributed by atoms with E-state index < -0.39 is 10.4 Å². The molecular formula is C5H14FN2O2S+. The number of hydrogen-bond donors (Lipinski definition) is 1. The Morgan fingerprint density at radius 1 is 1.45 bits per heavy atom. The number of halogens is 1. The molecule has 0 aromatic rings. The molecule has 0 aliphatic heterocycles. The van der Waals surface area contributed by atoms with E-state index in [1.54, 1.807) is 18.8 Å². The van der Waals surface area contributed by atoms with E-state index in [2.05, 4.69) is 0 Å². The fraction of sp³-hybridized carbons (Fsp3) is 1.00. The Labute approximate surface area is 66.9 Å². The number of nitrogens with one attached hydrogen (secondary N) is 1. The van der Waals surface area contributed by atoms with E-state index in [-0.39, 0.29) is 6.67 Å². The first-order valence-corrected chi connectivity index (χ1v) is 4.66. The Morgan fingerprint density at radius 2 is 1.91 bits per heavy atom. The third-order valence-electron chi connectivity index (χ3n) is 1.52. The number of quaternary nitrogens is 1. The van der Waals surface area contributed by atoms with Gasteiger partial charge < -0.3 is 4.48 Å². The van der Waals surface area contributed by atoms with Gasteiger partial charge in [0.1, 0.15) is 6.67 Å². The second kappa shape index (κ2) is 3.46. The molecular weight excluding hydrogens is 171 g/mol. The molecule has 0 aliphatic carbocycles. The molecule has 0 aromatic carbocycles. The van der Waals surface area contributed by atoms with Crippen molar-refractivity contribution in [3.05, 3.63) is 0 Å². The molecule has 0 unspecified atom stereocenters. The summed E-state index contributed by atoms with van der Waals surface area (Å²) in [5.74, 6) is 0. The monoisotopic (exact) mass is 185 g/mol. The molecule has 0 atom stereocenters. The number of rotatable bonds is 4. The van der Waals surface area contributed by atoms with Gasteiger partial charge in [0, 0.05) is 0 Å². The van der Waals surface area contributed by atoms with Crippen molar-refractivity contribution >= 4 is 10.4 Å². The Balaban J connectivity index is 3.90. The van der Waals surface area contributed by atoms with Crippen molar-refractivity contribution < 1.29 is 16.8 Å². The highest BCUT2D eigenvalue weighted by Crippen LogP contribution is 1.94. The number of nitrogens with zero attached hydrogens (tertiary/aromatic N) is 1. The van der Waals surface area contributed by atoms with Crippen molar-refractivity contribution in [3.63, 3.8) is 0 Å². The SMILES string of the molecule is CC[N+](C)(C)CNS(=O)(=O)F. The number of hydrogen-bond acceptors (Lipinski definition) is 2. The molecule has 0 saturated heterocycles. The van der Waals surface area contributed by atoms with Gasteiger partial charge in [-0.3, -0.25) is 0 Å². The van der Waals surface area contributed by atoms with Crippen LogP contribution in [0.5, 0.6) is 0 Å². The quantitative estimate of drug-likeness (QED) is 0.376. The van der Waals surface area contributed by atoms with Crippen molar-refractivity contribution in [1.82, 2.24) is 4.72 Å². The van der Waals surface area contributed by atoms with E-state index in [0.29, 0.717) is 4.48 Å². The van der Waals surface area contributed by atoms with Crippen molar-refractivity contribution in [2.45, 2.75) is 6.92 Å². The molecule has 0 spiro atoms. The third kappa shape index (κ3) is 6.21. The summed E-state index contributed by atoms with van der Waals surface area (Å²) in [6.45, 7) is 2.71. The molecule has 0 radical (unpaired) electrons. The first-order valence-electron chi connectivity index (χ1n) is 3.28. The van der Waals surface area contributed by atoms with E-state index in [1.165, 1.54) is 0 Å². The first-order chi connectivity index (χ1) is 4.77. The summed E-state index contributed by atoms with van der Waals surface area (Å²) in [5.41, 5.74) is 0. The molecule has 0 fully saturated rings. The third-order valence-corrected chi connectivity index (χ3v) is 1.99. The summed E-state index contributed by atoms with van der Waals surface area (Å²) in [7, 11) is -0.926. The van der Waals surface area contributed by atoms with Gasteiger partial charge in [0.2, 0.25) is 0 Å². The van der Waals surface area contributed by atoms with Gasteiger partial charge in [0.25, 0.3) is 0 Å². The lowest BCUT2D eigenvalue weighted by Gasteiger charge is -2.26. The van der Waals surface area contributed by atoms with Crippen molar-refractivity contribution in [1.29, 1.82) is 0 Å². The highest BCUT2D eigenvalue weighted by molar-refractivity contribution is 7.84. The minimum atomic E-state index is -4.53. The molecule has 6 heteroatoms. The Bertz CT molecular complexity index is 213. The summed E-state index contributed by atoms with van der Waals surface area (Å²) >= 11 is 0. The molecule has 0 aromatic heterocycles. The van der Waals surface area contributed by atoms with Gasteiger partial charge in [0.15, 0.2) is 0 Å². The zero-order valence-corrected chi connectivity index (χ0v) is 7.78. The molecule has 68 valence electrons. The molecule has 11 heavy (non-hydrogen) atoms. The van der Waals surface area contributed by atoms with Crippen LogP contribution in [-0.4, -0.2) is 40.2 Å². The van der Waals surface area contributed by atoms with Gasteiger partial charge in [0.05, 0.1) is 20.6 Å². The summed E-state index contributed by atoms with van der Waals surface area (Å²) in [6, 6.07) is 0. The molecule has 0 bridgehead atoms. The zero-order chi connectivity index (χ0) is 9.12. The van der Waals surface area contributed by atoms with Crippen LogP contribution in [0.15, 0.2) is 0 Å². The van der Waals surface area contributed by atoms with Crippen LogP contribution in [0.1, 0.15) is 6.92 Å². The van der Waals surface area contributed by atoms with E-state index in [9.17, 15) is 12.3 Å². The standard InChI is InChI=1S/C5H14FN2O2S/c1-4-8(2,3)5-7-11(6,9)10/h7H,4-5H2,1-3H3/q+1. The van der Waals surface area contributed by atoms with E-state index >= 15 is 0 Å². The molecule has 4 nitrogen and oxygen atoms in total. The van der Waals surface area contributed by atoms with Gasteiger partial charge in [-0.25, -0.2) is 0 Å². The molecule has 0 saturated carbocycles. The van der Waals surface area contributed by atoms with Crippen LogP contribution >= 0.6 is 0 Å². The van der Waals surface area contributed by atoms with Gasteiger partial charge in [-0.05, 0) is 6.92 Å². The maximum Gasteiger partial charge on any atom is 0.376 e. The van der Waals surface area contributed by atoms with Gasteiger partial charge in [-0.1, -0.05) is 3.89 Å². The predicted octanol–water partition coefficient (Wildman–Crippen LogP) is -0.156. The van der Waals surface area contributed by atoms with Crippen LogP contribution in [0, 0.1) is 0 Å². The molecule has 0 aliphatic rings. The molecule has 0 rings (SSSR count). The van der Waals surface area contributed by atoms with Crippen LogP contribution in [0.3, 0.4) is 0 Å². The largest absolute Gasteiger partial charge is 0.376 e. The van der Waals surface area contributed by atoms with Crippen LogP contribution < -0.4 is 4.72 Å². The summed E-state index contributed by atoms with van der Waals surface area (Å²) < 4.78 is 34.1. The maximum atomic E-state index is 11.9.